The van der Waals surface area contributed by atoms with Crippen LogP contribution in [0, 0.1) is 5.92 Å². The van der Waals surface area contributed by atoms with E-state index in [0.29, 0.717) is 5.92 Å². The molecule has 1 atom stereocenters. The number of hydrogen-bond donors (Lipinski definition) is 0. The minimum Gasteiger partial charge on any atom is -0.381 e. The van der Waals surface area contributed by atoms with Gasteiger partial charge in [0.1, 0.15) is 0 Å². The van der Waals surface area contributed by atoms with Gasteiger partial charge in [-0.1, -0.05) is 6.08 Å². The lowest BCUT2D eigenvalue weighted by molar-refractivity contribution is -0.113. The van der Waals surface area contributed by atoms with Crippen molar-refractivity contribution in [3.05, 3.63) is 11.6 Å². The van der Waals surface area contributed by atoms with Crippen LogP contribution in [0.4, 0.5) is 0 Å². The maximum Gasteiger partial charge on any atom is 0.155 e. The molecule has 2 nitrogen and oxygen atoms in total. The van der Waals surface area contributed by atoms with E-state index in [0.717, 1.165) is 31.6 Å². The molecule has 1 unspecified atom stereocenters. The van der Waals surface area contributed by atoms with Crippen molar-refractivity contribution in [2.45, 2.75) is 26.7 Å². The molecule has 0 aromatic heterocycles. The molecule has 0 aromatic carbocycles. The second kappa shape index (κ2) is 4.41. The van der Waals surface area contributed by atoms with E-state index >= 15 is 0 Å². The highest BCUT2D eigenvalue weighted by Gasteiger charge is 2.11. The first-order valence-corrected chi connectivity index (χ1v) is 4.47. The maximum atomic E-state index is 10.9. The number of ketones is 1. The van der Waals surface area contributed by atoms with Gasteiger partial charge in [-0.05, 0) is 32.3 Å². The van der Waals surface area contributed by atoms with Gasteiger partial charge in [0.05, 0.1) is 6.61 Å². The molecule has 0 aromatic rings. The summed E-state index contributed by atoms with van der Waals surface area (Å²) in [6, 6.07) is 0. The molecule has 0 amide bonds. The van der Waals surface area contributed by atoms with Gasteiger partial charge >= 0.3 is 0 Å². The van der Waals surface area contributed by atoms with Gasteiger partial charge in [0.15, 0.2) is 5.78 Å². The molecule has 0 radical (unpaired) electrons. The lowest BCUT2D eigenvalue weighted by Gasteiger charge is -2.19. The summed E-state index contributed by atoms with van der Waals surface area (Å²) in [5.74, 6) is 0.628. The van der Waals surface area contributed by atoms with Crippen LogP contribution in [-0.2, 0) is 9.53 Å². The molecular weight excluding hydrogens is 152 g/mol. The summed E-state index contributed by atoms with van der Waals surface area (Å²) in [7, 11) is 0. The van der Waals surface area contributed by atoms with Crippen molar-refractivity contribution in [3.8, 4) is 0 Å². The molecule has 1 fully saturated rings. The van der Waals surface area contributed by atoms with E-state index < -0.39 is 0 Å². The Balaban J connectivity index is 2.47. The van der Waals surface area contributed by atoms with Crippen molar-refractivity contribution in [1.82, 2.24) is 0 Å². The monoisotopic (exact) mass is 168 g/mol. The van der Waals surface area contributed by atoms with E-state index in [2.05, 4.69) is 0 Å². The number of hydrogen-bond acceptors (Lipinski definition) is 2. The third-order valence-corrected chi connectivity index (χ3v) is 2.24. The van der Waals surface area contributed by atoms with Crippen molar-refractivity contribution < 1.29 is 9.53 Å². The van der Waals surface area contributed by atoms with Crippen molar-refractivity contribution in [2.24, 2.45) is 5.92 Å². The Hall–Kier alpha value is -0.630. The predicted octanol–water partition coefficient (Wildman–Crippen LogP) is 1.95. The van der Waals surface area contributed by atoms with Crippen LogP contribution in [0.15, 0.2) is 11.6 Å². The topological polar surface area (TPSA) is 26.3 Å². The molecule has 0 bridgehead atoms. The Morgan fingerprint density at radius 2 is 2.25 bits per heavy atom. The Bertz CT molecular complexity index is 188. The number of Topliss-reactive ketones (excluding diaryl/α,β-unsaturated/α-hetero) is 1. The van der Waals surface area contributed by atoms with Crippen LogP contribution in [0.2, 0.25) is 0 Å². The molecule has 1 saturated heterocycles. The molecule has 0 N–H and O–H groups in total. The van der Waals surface area contributed by atoms with Crippen LogP contribution < -0.4 is 0 Å². The van der Waals surface area contributed by atoms with Crippen molar-refractivity contribution in [2.75, 3.05) is 13.2 Å². The first-order chi connectivity index (χ1) is 5.70. The van der Waals surface area contributed by atoms with Crippen LogP contribution in [0.25, 0.3) is 0 Å². The summed E-state index contributed by atoms with van der Waals surface area (Å²) in [5.41, 5.74) is 0.866. The van der Waals surface area contributed by atoms with Gasteiger partial charge in [-0.15, -0.1) is 0 Å². The fourth-order valence-corrected chi connectivity index (χ4v) is 1.37. The average Bonchev–Trinajstić information content (AvgIpc) is 2.06. The fourth-order valence-electron chi connectivity index (χ4n) is 1.37. The molecule has 2 heteroatoms. The third kappa shape index (κ3) is 2.78. The number of carbonyl (C=O) groups excluding carboxylic acids is 1. The lowest BCUT2D eigenvalue weighted by Crippen LogP contribution is -2.16. The van der Waals surface area contributed by atoms with E-state index in [9.17, 15) is 4.79 Å². The van der Waals surface area contributed by atoms with Gasteiger partial charge < -0.3 is 4.74 Å². The van der Waals surface area contributed by atoms with Gasteiger partial charge in [0.2, 0.25) is 0 Å². The maximum absolute atomic E-state index is 10.9. The molecule has 1 aliphatic rings. The summed E-state index contributed by atoms with van der Waals surface area (Å²) < 4.78 is 5.31. The lowest BCUT2D eigenvalue weighted by atomic mass is 9.98. The quantitative estimate of drug-likeness (QED) is 0.589. The zero-order valence-electron chi connectivity index (χ0n) is 7.80. The minimum absolute atomic E-state index is 0.167. The SMILES string of the molecule is CC(=O)C(C)=CC1CCCOC1. The van der Waals surface area contributed by atoms with Gasteiger partial charge in [-0.3, -0.25) is 4.79 Å². The van der Waals surface area contributed by atoms with Crippen LogP contribution in [0.1, 0.15) is 26.7 Å². The molecule has 0 aliphatic carbocycles. The molecule has 0 spiro atoms. The second-order valence-corrected chi connectivity index (χ2v) is 3.38. The highest BCUT2D eigenvalue weighted by atomic mass is 16.5. The van der Waals surface area contributed by atoms with Crippen LogP contribution in [0.5, 0.6) is 0 Å². The van der Waals surface area contributed by atoms with E-state index in [1.165, 1.54) is 0 Å². The zero-order valence-corrected chi connectivity index (χ0v) is 7.80. The number of ether oxygens (including phenoxy) is 1. The van der Waals surface area contributed by atoms with E-state index in [-0.39, 0.29) is 5.78 Å². The summed E-state index contributed by atoms with van der Waals surface area (Å²) in [5, 5.41) is 0. The van der Waals surface area contributed by atoms with Crippen LogP contribution in [-0.4, -0.2) is 19.0 Å². The molecule has 1 rings (SSSR count). The first-order valence-electron chi connectivity index (χ1n) is 4.47. The van der Waals surface area contributed by atoms with Crippen molar-refractivity contribution in [3.63, 3.8) is 0 Å². The van der Waals surface area contributed by atoms with Crippen molar-refractivity contribution >= 4 is 5.78 Å². The number of allylic oxidation sites excluding steroid dienone is 1. The molecular formula is C10H16O2. The number of rotatable bonds is 2. The van der Waals surface area contributed by atoms with Crippen LogP contribution >= 0.6 is 0 Å². The van der Waals surface area contributed by atoms with Crippen LogP contribution in [0.3, 0.4) is 0 Å². The average molecular weight is 168 g/mol. The van der Waals surface area contributed by atoms with E-state index in [1.54, 1.807) is 6.92 Å². The van der Waals surface area contributed by atoms with Gasteiger partial charge in [-0.2, -0.15) is 0 Å². The Labute approximate surface area is 73.6 Å². The fraction of sp³-hybridized carbons (Fsp3) is 0.700. The largest absolute Gasteiger partial charge is 0.381 e. The molecule has 1 aliphatic heterocycles. The second-order valence-electron chi connectivity index (χ2n) is 3.38. The van der Waals surface area contributed by atoms with Gasteiger partial charge in [0, 0.05) is 12.5 Å². The smallest absolute Gasteiger partial charge is 0.155 e. The van der Waals surface area contributed by atoms with Gasteiger partial charge in [-0.25, -0.2) is 0 Å². The molecule has 1 heterocycles. The van der Waals surface area contributed by atoms with Gasteiger partial charge in [0.25, 0.3) is 0 Å². The van der Waals surface area contributed by atoms with E-state index in [4.69, 9.17) is 4.74 Å². The molecule has 12 heavy (non-hydrogen) atoms. The standard InChI is InChI=1S/C10H16O2/c1-8(9(2)11)6-10-4-3-5-12-7-10/h6,10H,3-5,7H2,1-2H3. The summed E-state index contributed by atoms with van der Waals surface area (Å²) >= 11 is 0. The third-order valence-electron chi connectivity index (χ3n) is 2.24. The summed E-state index contributed by atoms with van der Waals surface area (Å²) in [6.45, 7) is 5.14. The predicted molar refractivity (Wildman–Crippen MR) is 48.0 cm³/mol. The summed E-state index contributed by atoms with van der Waals surface area (Å²) in [4.78, 5) is 10.9. The Kier molecular flexibility index (Phi) is 3.48. The minimum atomic E-state index is 0.167. The summed E-state index contributed by atoms with van der Waals surface area (Å²) in [6.07, 6.45) is 4.32. The highest BCUT2D eigenvalue weighted by molar-refractivity contribution is 5.92. The molecule has 68 valence electrons. The Morgan fingerprint density at radius 1 is 1.50 bits per heavy atom. The van der Waals surface area contributed by atoms with E-state index in [1.807, 2.05) is 13.0 Å². The highest BCUT2D eigenvalue weighted by Crippen LogP contribution is 2.16. The Morgan fingerprint density at radius 3 is 2.75 bits per heavy atom. The van der Waals surface area contributed by atoms with Crippen molar-refractivity contribution in [1.29, 1.82) is 0 Å². The molecule has 0 saturated carbocycles. The number of carbonyl (C=O) groups is 1. The normalized spacial score (nSPS) is 25.5. The zero-order chi connectivity index (χ0) is 8.97. The first kappa shape index (κ1) is 9.46.